The first-order valence-corrected chi connectivity index (χ1v) is 6.98. The first-order valence-electron chi connectivity index (χ1n) is 6.98. The SMILES string of the molecule is CC(C)(C)CCOc1cc(C(=O)C(C)(C)C)ccc1F. The third-order valence-corrected chi connectivity index (χ3v) is 2.98. The molecule has 112 valence electrons. The standard InChI is InChI=1S/C17H25FO2/c1-16(2,3)9-10-20-14-11-12(7-8-13(14)18)15(19)17(4,5)6/h7-8,11H,9-10H2,1-6H3. The van der Waals surface area contributed by atoms with Crippen LogP contribution in [-0.2, 0) is 0 Å². The fourth-order valence-electron chi connectivity index (χ4n) is 1.66. The Bertz CT molecular complexity index is 479. The molecule has 0 unspecified atom stereocenters. The lowest BCUT2D eigenvalue weighted by Crippen LogP contribution is -2.20. The first-order chi connectivity index (χ1) is 9.00. The molecule has 0 heterocycles. The zero-order chi connectivity index (χ0) is 15.6. The van der Waals surface area contributed by atoms with Gasteiger partial charge in [-0.3, -0.25) is 4.79 Å². The van der Waals surface area contributed by atoms with Crippen molar-refractivity contribution in [3.05, 3.63) is 29.6 Å². The molecular weight excluding hydrogens is 255 g/mol. The second-order valence-electron chi connectivity index (χ2n) is 7.38. The molecule has 20 heavy (non-hydrogen) atoms. The summed E-state index contributed by atoms with van der Waals surface area (Å²) in [5.74, 6) is -0.285. The summed E-state index contributed by atoms with van der Waals surface area (Å²) in [6.45, 7) is 12.3. The van der Waals surface area contributed by atoms with E-state index in [1.54, 1.807) is 0 Å². The summed E-state index contributed by atoms with van der Waals surface area (Å²) in [4.78, 5) is 12.2. The molecule has 0 spiro atoms. The Balaban J connectivity index is 2.85. The Morgan fingerprint density at radius 2 is 1.75 bits per heavy atom. The summed E-state index contributed by atoms with van der Waals surface area (Å²) in [6, 6.07) is 4.32. The van der Waals surface area contributed by atoms with Gasteiger partial charge in [0, 0.05) is 11.0 Å². The van der Waals surface area contributed by atoms with Crippen LogP contribution in [0.4, 0.5) is 4.39 Å². The van der Waals surface area contributed by atoms with Gasteiger partial charge in [0.2, 0.25) is 0 Å². The van der Waals surface area contributed by atoms with Gasteiger partial charge in [-0.05, 0) is 30.0 Å². The van der Waals surface area contributed by atoms with E-state index in [2.05, 4.69) is 20.8 Å². The number of benzene rings is 1. The first kappa shape index (κ1) is 16.7. The van der Waals surface area contributed by atoms with Gasteiger partial charge in [-0.1, -0.05) is 41.5 Å². The van der Waals surface area contributed by atoms with Crippen molar-refractivity contribution in [3.8, 4) is 5.75 Å². The zero-order valence-corrected chi connectivity index (χ0v) is 13.3. The Morgan fingerprint density at radius 3 is 2.25 bits per heavy atom. The number of hydrogen-bond acceptors (Lipinski definition) is 2. The van der Waals surface area contributed by atoms with Gasteiger partial charge in [-0.2, -0.15) is 0 Å². The molecule has 0 saturated carbocycles. The second-order valence-corrected chi connectivity index (χ2v) is 7.38. The highest BCUT2D eigenvalue weighted by Crippen LogP contribution is 2.26. The summed E-state index contributed by atoms with van der Waals surface area (Å²) in [6.07, 6.45) is 0.823. The second kappa shape index (κ2) is 5.94. The van der Waals surface area contributed by atoms with E-state index in [1.165, 1.54) is 18.2 Å². The Labute approximate surface area is 121 Å². The van der Waals surface area contributed by atoms with E-state index >= 15 is 0 Å². The molecule has 0 aliphatic rings. The number of ether oxygens (including phenoxy) is 1. The van der Waals surface area contributed by atoms with Gasteiger partial charge in [0.05, 0.1) is 6.61 Å². The molecule has 0 bridgehead atoms. The highest BCUT2D eigenvalue weighted by atomic mass is 19.1. The van der Waals surface area contributed by atoms with Gasteiger partial charge in [0.25, 0.3) is 0 Å². The van der Waals surface area contributed by atoms with Crippen LogP contribution in [0.15, 0.2) is 18.2 Å². The number of hydrogen-bond donors (Lipinski definition) is 0. The van der Waals surface area contributed by atoms with Crippen molar-refractivity contribution in [1.82, 2.24) is 0 Å². The molecule has 0 aliphatic carbocycles. The van der Waals surface area contributed by atoms with Crippen LogP contribution in [0.25, 0.3) is 0 Å². The van der Waals surface area contributed by atoms with Crippen LogP contribution in [0.1, 0.15) is 58.3 Å². The third kappa shape index (κ3) is 4.95. The summed E-state index contributed by atoms with van der Waals surface area (Å²) in [7, 11) is 0. The largest absolute Gasteiger partial charge is 0.490 e. The molecule has 0 radical (unpaired) electrons. The van der Waals surface area contributed by atoms with Crippen molar-refractivity contribution < 1.29 is 13.9 Å². The van der Waals surface area contributed by atoms with E-state index in [4.69, 9.17) is 4.74 Å². The maximum Gasteiger partial charge on any atom is 0.168 e. The van der Waals surface area contributed by atoms with Crippen LogP contribution in [0.3, 0.4) is 0 Å². The highest BCUT2D eigenvalue weighted by molar-refractivity contribution is 6.00. The number of carbonyl (C=O) groups is 1. The maximum atomic E-state index is 13.7. The number of carbonyl (C=O) groups excluding carboxylic acids is 1. The number of rotatable bonds is 4. The molecule has 3 heteroatoms. The van der Waals surface area contributed by atoms with Gasteiger partial charge in [-0.25, -0.2) is 4.39 Å². The van der Waals surface area contributed by atoms with Crippen LogP contribution in [0.5, 0.6) is 5.75 Å². The molecule has 0 atom stereocenters. The topological polar surface area (TPSA) is 26.3 Å². The van der Waals surface area contributed by atoms with Crippen LogP contribution in [0, 0.1) is 16.6 Å². The summed E-state index contributed by atoms with van der Waals surface area (Å²) in [5, 5.41) is 0. The lowest BCUT2D eigenvalue weighted by Gasteiger charge is -2.19. The fraction of sp³-hybridized carbons (Fsp3) is 0.588. The molecule has 1 aromatic carbocycles. The molecule has 0 fully saturated rings. The number of ketones is 1. The molecule has 1 rings (SSSR count). The Kier molecular flexibility index (Phi) is 4.95. The van der Waals surface area contributed by atoms with Crippen molar-refractivity contribution in [2.75, 3.05) is 6.61 Å². The molecule has 1 aromatic rings. The minimum absolute atomic E-state index is 0.0156. The average molecular weight is 280 g/mol. The van der Waals surface area contributed by atoms with Crippen molar-refractivity contribution in [1.29, 1.82) is 0 Å². The van der Waals surface area contributed by atoms with E-state index in [1.807, 2.05) is 20.8 Å². The Hall–Kier alpha value is -1.38. The van der Waals surface area contributed by atoms with Gasteiger partial charge in [0.1, 0.15) is 0 Å². The molecular formula is C17H25FO2. The summed E-state index contributed by atoms with van der Waals surface area (Å²) >= 11 is 0. The van der Waals surface area contributed by atoms with Crippen LogP contribution in [0.2, 0.25) is 0 Å². The number of Topliss-reactive ketones (excluding diaryl/α,β-unsaturated/α-hetero) is 1. The van der Waals surface area contributed by atoms with Gasteiger partial charge >= 0.3 is 0 Å². The molecule has 0 aliphatic heterocycles. The molecule has 0 aromatic heterocycles. The predicted octanol–water partition coefficient (Wildman–Crippen LogP) is 4.87. The maximum absolute atomic E-state index is 13.7. The van der Waals surface area contributed by atoms with E-state index in [9.17, 15) is 9.18 Å². The zero-order valence-electron chi connectivity index (χ0n) is 13.3. The normalized spacial score (nSPS) is 12.3. The number of halogens is 1. The Morgan fingerprint density at radius 1 is 1.15 bits per heavy atom. The van der Waals surface area contributed by atoms with E-state index in [0.717, 1.165) is 6.42 Å². The molecule has 2 nitrogen and oxygen atoms in total. The fourth-order valence-corrected chi connectivity index (χ4v) is 1.66. The highest BCUT2D eigenvalue weighted by Gasteiger charge is 2.24. The minimum Gasteiger partial charge on any atom is -0.490 e. The predicted molar refractivity (Wildman–Crippen MR) is 79.8 cm³/mol. The monoisotopic (exact) mass is 280 g/mol. The lowest BCUT2D eigenvalue weighted by molar-refractivity contribution is 0.0857. The van der Waals surface area contributed by atoms with Crippen molar-refractivity contribution in [3.63, 3.8) is 0 Å². The lowest BCUT2D eigenvalue weighted by atomic mass is 9.86. The van der Waals surface area contributed by atoms with E-state index in [0.29, 0.717) is 12.2 Å². The van der Waals surface area contributed by atoms with Crippen molar-refractivity contribution >= 4 is 5.78 Å². The summed E-state index contributed by atoms with van der Waals surface area (Å²) in [5.41, 5.74) is 0.139. The van der Waals surface area contributed by atoms with Crippen molar-refractivity contribution in [2.45, 2.75) is 48.0 Å². The smallest absolute Gasteiger partial charge is 0.168 e. The van der Waals surface area contributed by atoms with Crippen LogP contribution < -0.4 is 4.74 Å². The van der Waals surface area contributed by atoms with Gasteiger partial charge in [-0.15, -0.1) is 0 Å². The molecule has 0 amide bonds. The van der Waals surface area contributed by atoms with Crippen LogP contribution in [-0.4, -0.2) is 12.4 Å². The van der Waals surface area contributed by atoms with E-state index in [-0.39, 0.29) is 16.9 Å². The third-order valence-electron chi connectivity index (χ3n) is 2.98. The molecule has 0 N–H and O–H groups in total. The average Bonchev–Trinajstić information content (AvgIpc) is 2.28. The van der Waals surface area contributed by atoms with Gasteiger partial charge in [0.15, 0.2) is 17.3 Å². The molecule has 0 saturated heterocycles. The summed E-state index contributed by atoms with van der Waals surface area (Å²) < 4.78 is 19.2. The van der Waals surface area contributed by atoms with E-state index < -0.39 is 11.2 Å². The van der Waals surface area contributed by atoms with Crippen LogP contribution >= 0.6 is 0 Å². The quantitative estimate of drug-likeness (QED) is 0.735. The van der Waals surface area contributed by atoms with Gasteiger partial charge < -0.3 is 4.74 Å². The van der Waals surface area contributed by atoms with Crippen molar-refractivity contribution in [2.24, 2.45) is 10.8 Å². The minimum atomic E-state index is -0.486.